The van der Waals surface area contributed by atoms with Crippen molar-refractivity contribution in [1.29, 1.82) is 0 Å². The van der Waals surface area contributed by atoms with Crippen molar-refractivity contribution in [2.45, 2.75) is 0 Å². The Labute approximate surface area is 142 Å². The molecule has 25 heavy (non-hydrogen) atoms. The van der Waals surface area contributed by atoms with Crippen LogP contribution in [-0.4, -0.2) is 15.2 Å². The molecule has 0 bridgehead atoms. The van der Waals surface area contributed by atoms with Gasteiger partial charge in [-0.1, -0.05) is 23.4 Å². The summed E-state index contributed by atoms with van der Waals surface area (Å²) in [5, 5.41) is 15.5. The fraction of sp³-hybridized carbons (Fsp3) is 0. The van der Waals surface area contributed by atoms with Gasteiger partial charge in [0.25, 0.3) is 5.89 Å². The molecule has 1 N–H and O–H groups in total. The third-order valence-corrected chi connectivity index (χ3v) is 4.18. The Kier molecular flexibility index (Phi) is 2.87. The quantitative estimate of drug-likeness (QED) is 0.493. The number of fused-ring (bicyclic) bond motifs is 3. The molecule has 2 aromatic heterocycles. The lowest BCUT2D eigenvalue weighted by molar-refractivity contribution is 0.432. The predicted molar refractivity (Wildman–Crippen MR) is 94.1 cm³/mol. The van der Waals surface area contributed by atoms with Gasteiger partial charge in [0.1, 0.15) is 16.9 Å². The van der Waals surface area contributed by atoms with Gasteiger partial charge in [-0.15, -0.1) is 0 Å². The lowest BCUT2D eigenvalue weighted by atomic mass is 10.1. The highest BCUT2D eigenvalue weighted by Gasteiger charge is 2.13. The highest BCUT2D eigenvalue weighted by Crippen LogP contribution is 2.32. The van der Waals surface area contributed by atoms with E-state index in [1.54, 1.807) is 24.3 Å². The monoisotopic (exact) mass is 328 g/mol. The van der Waals surface area contributed by atoms with Crippen LogP contribution >= 0.6 is 0 Å². The van der Waals surface area contributed by atoms with Gasteiger partial charge in [-0.25, -0.2) is 0 Å². The molecule has 120 valence electrons. The van der Waals surface area contributed by atoms with Crippen molar-refractivity contribution < 1.29 is 14.0 Å². The first-order valence-electron chi connectivity index (χ1n) is 7.83. The Morgan fingerprint density at radius 1 is 0.760 bits per heavy atom. The maximum Gasteiger partial charge on any atom is 0.258 e. The van der Waals surface area contributed by atoms with E-state index >= 15 is 0 Å². The van der Waals surface area contributed by atoms with Gasteiger partial charge in [-0.2, -0.15) is 4.98 Å². The van der Waals surface area contributed by atoms with E-state index in [4.69, 9.17) is 8.94 Å². The number of para-hydroxylation sites is 1. The molecule has 5 aromatic rings. The summed E-state index contributed by atoms with van der Waals surface area (Å²) in [5.74, 6) is 1.11. The minimum Gasteiger partial charge on any atom is -0.508 e. The summed E-state index contributed by atoms with van der Waals surface area (Å²) in [4.78, 5) is 4.46. The average molecular weight is 328 g/mol. The maximum absolute atomic E-state index is 9.38. The molecule has 5 heteroatoms. The normalized spacial score (nSPS) is 11.4. The molecule has 0 aliphatic carbocycles. The predicted octanol–water partition coefficient (Wildman–Crippen LogP) is 5.01. The molecule has 0 fully saturated rings. The van der Waals surface area contributed by atoms with Crippen LogP contribution in [0.2, 0.25) is 0 Å². The number of hydrogen-bond acceptors (Lipinski definition) is 5. The molecule has 0 saturated carbocycles. The summed E-state index contributed by atoms with van der Waals surface area (Å²) in [5.41, 5.74) is 3.29. The average Bonchev–Trinajstić information content (AvgIpc) is 3.26. The number of benzene rings is 3. The lowest BCUT2D eigenvalue weighted by Crippen LogP contribution is -1.81. The first kappa shape index (κ1) is 13.8. The van der Waals surface area contributed by atoms with Crippen LogP contribution in [0, 0.1) is 0 Å². The van der Waals surface area contributed by atoms with Gasteiger partial charge in [0.2, 0.25) is 5.82 Å². The van der Waals surface area contributed by atoms with Gasteiger partial charge in [0.15, 0.2) is 0 Å². The number of rotatable bonds is 2. The van der Waals surface area contributed by atoms with Crippen molar-refractivity contribution >= 4 is 21.9 Å². The highest BCUT2D eigenvalue weighted by atomic mass is 16.5. The van der Waals surface area contributed by atoms with E-state index in [1.807, 2.05) is 42.5 Å². The Balaban J connectivity index is 1.61. The van der Waals surface area contributed by atoms with Crippen LogP contribution in [0.1, 0.15) is 0 Å². The molecule has 0 spiro atoms. The Morgan fingerprint density at radius 3 is 2.40 bits per heavy atom. The molecular formula is C20H12N2O3. The molecule has 5 nitrogen and oxygen atoms in total. The van der Waals surface area contributed by atoms with Crippen LogP contribution in [0.15, 0.2) is 75.7 Å². The third-order valence-electron chi connectivity index (χ3n) is 4.18. The first-order valence-corrected chi connectivity index (χ1v) is 7.83. The summed E-state index contributed by atoms with van der Waals surface area (Å²) in [7, 11) is 0. The second-order valence-corrected chi connectivity index (χ2v) is 5.78. The molecule has 0 amide bonds. The molecule has 0 saturated heterocycles. The van der Waals surface area contributed by atoms with E-state index < -0.39 is 0 Å². The van der Waals surface area contributed by atoms with E-state index in [1.165, 1.54) is 0 Å². The van der Waals surface area contributed by atoms with E-state index in [9.17, 15) is 5.11 Å². The standard InChI is InChI=1S/C20H12N2O3/c23-14-8-5-12(6-9-14)20-21-19(22-25-20)13-7-10-18-16(11-13)15-3-1-2-4-17(15)24-18/h1-11,23H. The number of hydrogen-bond donors (Lipinski definition) is 1. The van der Waals surface area contributed by atoms with Crippen LogP contribution in [0.4, 0.5) is 0 Å². The van der Waals surface area contributed by atoms with Crippen molar-refractivity contribution in [3.05, 3.63) is 66.7 Å². The van der Waals surface area contributed by atoms with Crippen molar-refractivity contribution in [3.63, 3.8) is 0 Å². The fourth-order valence-electron chi connectivity index (χ4n) is 2.93. The van der Waals surface area contributed by atoms with Crippen molar-refractivity contribution in [2.75, 3.05) is 0 Å². The largest absolute Gasteiger partial charge is 0.508 e. The lowest BCUT2D eigenvalue weighted by Gasteiger charge is -1.95. The number of aromatic nitrogens is 2. The molecular weight excluding hydrogens is 316 g/mol. The smallest absolute Gasteiger partial charge is 0.258 e. The molecule has 0 unspecified atom stereocenters. The maximum atomic E-state index is 9.38. The van der Waals surface area contributed by atoms with Gasteiger partial charge in [-0.3, -0.25) is 0 Å². The molecule has 0 atom stereocenters. The zero-order chi connectivity index (χ0) is 16.8. The van der Waals surface area contributed by atoms with Crippen LogP contribution in [0.3, 0.4) is 0 Å². The number of aromatic hydroxyl groups is 1. The summed E-state index contributed by atoms with van der Waals surface area (Å²) < 4.78 is 11.2. The first-order chi connectivity index (χ1) is 12.3. The third kappa shape index (κ3) is 2.25. The van der Waals surface area contributed by atoms with Gasteiger partial charge in [0.05, 0.1) is 0 Å². The Morgan fingerprint density at radius 2 is 1.52 bits per heavy atom. The van der Waals surface area contributed by atoms with Crippen molar-refractivity contribution in [2.24, 2.45) is 0 Å². The van der Waals surface area contributed by atoms with Gasteiger partial charge >= 0.3 is 0 Å². The number of nitrogens with zero attached hydrogens (tertiary/aromatic N) is 2. The van der Waals surface area contributed by atoms with Gasteiger partial charge < -0.3 is 14.0 Å². The summed E-state index contributed by atoms with van der Waals surface area (Å²) in [6, 6.07) is 20.4. The molecule has 2 heterocycles. The Bertz CT molecular complexity index is 1200. The van der Waals surface area contributed by atoms with Gasteiger partial charge in [-0.05, 0) is 48.5 Å². The van der Waals surface area contributed by atoms with Crippen LogP contribution < -0.4 is 0 Å². The molecule has 3 aromatic carbocycles. The van der Waals surface area contributed by atoms with E-state index in [0.29, 0.717) is 11.7 Å². The number of phenolic OH excluding ortho intramolecular Hbond substituents is 1. The fourth-order valence-corrected chi connectivity index (χ4v) is 2.93. The zero-order valence-corrected chi connectivity index (χ0v) is 13.0. The van der Waals surface area contributed by atoms with Crippen molar-refractivity contribution in [3.8, 4) is 28.6 Å². The van der Waals surface area contributed by atoms with Crippen LogP contribution in [0.25, 0.3) is 44.8 Å². The minimum atomic E-state index is 0.195. The second-order valence-electron chi connectivity index (χ2n) is 5.78. The molecule has 0 aliphatic heterocycles. The van der Waals surface area contributed by atoms with Crippen LogP contribution in [0.5, 0.6) is 5.75 Å². The van der Waals surface area contributed by atoms with E-state index in [2.05, 4.69) is 10.1 Å². The minimum absolute atomic E-state index is 0.195. The Hall–Kier alpha value is -3.60. The summed E-state index contributed by atoms with van der Waals surface area (Å²) >= 11 is 0. The topological polar surface area (TPSA) is 72.3 Å². The van der Waals surface area contributed by atoms with Crippen LogP contribution in [-0.2, 0) is 0 Å². The number of phenols is 1. The number of furan rings is 1. The molecule has 0 radical (unpaired) electrons. The van der Waals surface area contributed by atoms with Crippen molar-refractivity contribution in [1.82, 2.24) is 10.1 Å². The SMILES string of the molecule is Oc1ccc(-c2nc(-c3ccc4oc5ccccc5c4c3)no2)cc1. The second kappa shape index (κ2) is 5.21. The molecule has 5 rings (SSSR count). The summed E-state index contributed by atoms with van der Waals surface area (Å²) in [6.45, 7) is 0. The highest BCUT2D eigenvalue weighted by molar-refractivity contribution is 6.06. The zero-order valence-electron chi connectivity index (χ0n) is 13.0. The van der Waals surface area contributed by atoms with E-state index in [0.717, 1.165) is 33.1 Å². The molecule has 0 aliphatic rings. The van der Waals surface area contributed by atoms with E-state index in [-0.39, 0.29) is 5.75 Å². The summed E-state index contributed by atoms with van der Waals surface area (Å²) in [6.07, 6.45) is 0. The van der Waals surface area contributed by atoms with Gasteiger partial charge in [0, 0.05) is 21.9 Å².